The van der Waals surface area contributed by atoms with Crippen molar-refractivity contribution < 1.29 is 0 Å². The van der Waals surface area contributed by atoms with Crippen molar-refractivity contribution in [2.75, 3.05) is 24.5 Å². The fourth-order valence-corrected chi connectivity index (χ4v) is 4.26. The summed E-state index contributed by atoms with van der Waals surface area (Å²) in [6.07, 6.45) is 9.00. The average molecular weight is 295 g/mol. The zero-order valence-electron chi connectivity index (χ0n) is 13.2. The van der Waals surface area contributed by atoms with Gasteiger partial charge in [0.2, 0.25) is 0 Å². The lowest BCUT2D eigenvalue weighted by Gasteiger charge is -2.27. The quantitative estimate of drug-likeness (QED) is 0.784. The largest absolute Gasteiger partial charge is 0.349 e. The van der Waals surface area contributed by atoms with E-state index in [0.717, 1.165) is 24.8 Å². The SMILES string of the molecule is CCN(CC)c1ncc(CNCC2(CC)CCCC2)s1. The normalized spacial score (nSPS) is 17.6. The number of thiazole rings is 1. The highest BCUT2D eigenvalue weighted by Crippen LogP contribution is 2.40. The van der Waals surface area contributed by atoms with Crippen molar-refractivity contribution in [1.82, 2.24) is 10.3 Å². The maximum Gasteiger partial charge on any atom is 0.185 e. The van der Waals surface area contributed by atoms with E-state index in [1.54, 1.807) is 0 Å². The molecule has 0 saturated heterocycles. The van der Waals surface area contributed by atoms with Crippen molar-refractivity contribution in [3.63, 3.8) is 0 Å². The molecule has 114 valence electrons. The summed E-state index contributed by atoms with van der Waals surface area (Å²) < 4.78 is 0. The number of hydrogen-bond acceptors (Lipinski definition) is 4. The molecule has 1 aromatic heterocycles. The minimum Gasteiger partial charge on any atom is -0.349 e. The van der Waals surface area contributed by atoms with Gasteiger partial charge in [-0.3, -0.25) is 0 Å². The van der Waals surface area contributed by atoms with E-state index >= 15 is 0 Å². The summed E-state index contributed by atoms with van der Waals surface area (Å²) in [4.78, 5) is 8.23. The zero-order chi connectivity index (χ0) is 14.4. The van der Waals surface area contributed by atoms with Crippen molar-refractivity contribution in [2.24, 2.45) is 5.41 Å². The van der Waals surface area contributed by atoms with E-state index in [1.807, 2.05) is 17.5 Å². The molecule has 1 aliphatic carbocycles. The molecule has 0 bridgehead atoms. The lowest BCUT2D eigenvalue weighted by atomic mass is 9.83. The summed E-state index contributed by atoms with van der Waals surface area (Å²) in [6, 6.07) is 0. The molecule has 1 aromatic rings. The monoisotopic (exact) mass is 295 g/mol. The molecule has 0 amide bonds. The Morgan fingerprint density at radius 3 is 2.55 bits per heavy atom. The van der Waals surface area contributed by atoms with E-state index in [2.05, 4.69) is 36.0 Å². The minimum atomic E-state index is 0.576. The fourth-order valence-electron chi connectivity index (χ4n) is 3.25. The van der Waals surface area contributed by atoms with Crippen LogP contribution in [-0.4, -0.2) is 24.6 Å². The molecule has 0 unspecified atom stereocenters. The summed E-state index contributed by atoms with van der Waals surface area (Å²) in [5.74, 6) is 0. The minimum absolute atomic E-state index is 0.576. The van der Waals surface area contributed by atoms with Gasteiger partial charge in [0.1, 0.15) is 0 Å². The third kappa shape index (κ3) is 3.73. The van der Waals surface area contributed by atoms with Crippen molar-refractivity contribution in [3.05, 3.63) is 11.1 Å². The Morgan fingerprint density at radius 1 is 1.25 bits per heavy atom. The number of nitrogens with zero attached hydrogens (tertiary/aromatic N) is 2. The topological polar surface area (TPSA) is 28.2 Å². The van der Waals surface area contributed by atoms with Gasteiger partial charge >= 0.3 is 0 Å². The Kier molecular flexibility index (Phi) is 5.85. The molecule has 4 heteroatoms. The Morgan fingerprint density at radius 2 is 1.95 bits per heavy atom. The second kappa shape index (κ2) is 7.41. The van der Waals surface area contributed by atoms with Crippen LogP contribution in [0.1, 0.15) is 57.8 Å². The van der Waals surface area contributed by atoms with Crippen molar-refractivity contribution in [3.8, 4) is 0 Å². The molecule has 3 nitrogen and oxygen atoms in total. The van der Waals surface area contributed by atoms with Gasteiger partial charge in [0.05, 0.1) is 0 Å². The first kappa shape index (κ1) is 15.8. The molecule has 0 radical (unpaired) electrons. The van der Waals surface area contributed by atoms with Crippen LogP contribution in [0.25, 0.3) is 0 Å². The van der Waals surface area contributed by atoms with Crippen LogP contribution in [0.5, 0.6) is 0 Å². The average Bonchev–Trinajstić information content (AvgIpc) is 3.11. The zero-order valence-corrected chi connectivity index (χ0v) is 14.1. The lowest BCUT2D eigenvalue weighted by molar-refractivity contribution is 0.268. The van der Waals surface area contributed by atoms with E-state index in [-0.39, 0.29) is 0 Å². The van der Waals surface area contributed by atoms with Gasteiger partial charge in [-0.1, -0.05) is 19.8 Å². The highest BCUT2D eigenvalue weighted by Gasteiger charge is 2.31. The van der Waals surface area contributed by atoms with Crippen LogP contribution in [-0.2, 0) is 6.54 Å². The summed E-state index contributed by atoms with van der Waals surface area (Å²) in [7, 11) is 0. The van der Waals surface area contributed by atoms with Crippen molar-refractivity contribution in [2.45, 2.75) is 59.4 Å². The molecule has 1 N–H and O–H groups in total. The molecule has 1 heterocycles. The second-order valence-electron chi connectivity index (χ2n) is 5.95. The van der Waals surface area contributed by atoms with E-state index in [4.69, 9.17) is 0 Å². The van der Waals surface area contributed by atoms with E-state index in [9.17, 15) is 0 Å². The number of aromatic nitrogens is 1. The molecule has 0 atom stereocenters. The molecule has 1 saturated carbocycles. The summed E-state index contributed by atoms with van der Waals surface area (Å²) in [6.45, 7) is 10.9. The van der Waals surface area contributed by atoms with Crippen LogP contribution in [0.3, 0.4) is 0 Å². The predicted octanol–water partition coefficient (Wildman–Crippen LogP) is 4.05. The lowest BCUT2D eigenvalue weighted by Crippen LogP contribution is -2.31. The third-order valence-corrected chi connectivity index (χ3v) is 5.85. The summed E-state index contributed by atoms with van der Waals surface area (Å²) in [5, 5.41) is 4.84. The van der Waals surface area contributed by atoms with Crippen molar-refractivity contribution >= 4 is 16.5 Å². The second-order valence-corrected chi connectivity index (χ2v) is 7.04. The molecular weight excluding hydrogens is 266 g/mol. The molecule has 1 aliphatic rings. The first-order valence-electron chi connectivity index (χ1n) is 8.13. The van der Waals surface area contributed by atoms with Gasteiger partial charge < -0.3 is 10.2 Å². The molecule has 20 heavy (non-hydrogen) atoms. The van der Waals surface area contributed by atoms with Gasteiger partial charge in [-0.05, 0) is 38.5 Å². The number of nitrogens with one attached hydrogen (secondary N) is 1. The number of anilines is 1. The number of rotatable bonds is 8. The van der Waals surface area contributed by atoms with Crippen LogP contribution in [0.2, 0.25) is 0 Å². The maximum absolute atomic E-state index is 4.55. The molecular formula is C16H29N3S. The fraction of sp³-hybridized carbons (Fsp3) is 0.812. The highest BCUT2D eigenvalue weighted by atomic mass is 32.1. The van der Waals surface area contributed by atoms with Gasteiger partial charge in [0.15, 0.2) is 5.13 Å². The van der Waals surface area contributed by atoms with E-state index < -0.39 is 0 Å². The standard InChI is InChI=1S/C16H29N3S/c1-4-16(9-7-8-10-16)13-17-11-14-12-18-15(20-14)19(5-2)6-3/h12,17H,4-11,13H2,1-3H3. The van der Waals surface area contributed by atoms with Gasteiger partial charge in [-0.25, -0.2) is 4.98 Å². The van der Waals surface area contributed by atoms with Crippen LogP contribution >= 0.6 is 11.3 Å². The first-order valence-corrected chi connectivity index (χ1v) is 8.95. The van der Waals surface area contributed by atoms with E-state index in [1.165, 1.54) is 43.5 Å². The Balaban J connectivity index is 1.82. The van der Waals surface area contributed by atoms with Gasteiger partial charge in [-0.15, -0.1) is 11.3 Å². The molecule has 0 aromatic carbocycles. The smallest absolute Gasteiger partial charge is 0.185 e. The van der Waals surface area contributed by atoms with Gasteiger partial charge in [0.25, 0.3) is 0 Å². The van der Waals surface area contributed by atoms with Crippen LogP contribution in [0, 0.1) is 5.41 Å². The first-order chi connectivity index (χ1) is 9.73. The highest BCUT2D eigenvalue weighted by molar-refractivity contribution is 7.15. The van der Waals surface area contributed by atoms with Crippen molar-refractivity contribution in [1.29, 1.82) is 0 Å². The van der Waals surface area contributed by atoms with Gasteiger partial charge in [0, 0.05) is 37.3 Å². The third-order valence-electron chi connectivity index (χ3n) is 4.79. The molecule has 0 spiro atoms. The van der Waals surface area contributed by atoms with Crippen LogP contribution in [0.4, 0.5) is 5.13 Å². The van der Waals surface area contributed by atoms with Crippen LogP contribution < -0.4 is 10.2 Å². The van der Waals surface area contributed by atoms with Crippen LogP contribution in [0.15, 0.2) is 6.20 Å². The Labute approximate surface area is 127 Å². The Hall–Kier alpha value is -0.610. The molecule has 0 aliphatic heterocycles. The summed E-state index contributed by atoms with van der Waals surface area (Å²) >= 11 is 1.83. The molecule has 1 fully saturated rings. The Bertz CT molecular complexity index is 392. The number of hydrogen-bond donors (Lipinski definition) is 1. The van der Waals surface area contributed by atoms with Gasteiger partial charge in [-0.2, -0.15) is 0 Å². The summed E-state index contributed by atoms with van der Waals surface area (Å²) in [5.41, 5.74) is 0.576. The molecule has 2 rings (SSSR count). The maximum atomic E-state index is 4.55. The van der Waals surface area contributed by atoms with E-state index in [0.29, 0.717) is 5.41 Å². The predicted molar refractivity (Wildman–Crippen MR) is 88.6 cm³/mol.